The first-order valence-corrected chi connectivity index (χ1v) is 5.43. The Bertz CT molecular complexity index is 236. The number of amides is 2. The first-order valence-electron chi connectivity index (χ1n) is 5.43. The lowest BCUT2D eigenvalue weighted by atomic mass is 10.5. The van der Waals surface area contributed by atoms with Gasteiger partial charge < -0.3 is 9.84 Å². The summed E-state index contributed by atoms with van der Waals surface area (Å²) in [7, 11) is 4.22. The predicted molar refractivity (Wildman–Crippen MR) is 63.8 cm³/mol. The Labute approximate surface area is 107 Å². The van der Waals surface area contributed by atoms with Crippen LogP contribution in [-0.4, -0.2) is 61.8 Å². The van der Waals surface area contributed by atoms with Crippen LogP contribution in [0.25, 0.3) is 0 Å². The number of carbonyl (C=O) groups excluding carboxylic acids is 1. The SMILES string of the molecule is CCCN(OC)C(=O)O.CCOC(=O)N(C)OC. The molecule has 8 nitrogen and oxygen atoms in total. The molecule has 0 rings (SSSR count). The second-order valence-corrected chi connectivity index (χ2v) is 2.95. The Balaban J connectivity index is 0. The van der Waals surface area contributed by atoms with E-state index in [4.69, 9.17) is 5.11 Å². The fourth-order valence-electron chi connectivity index (χ4n) is 0.757. The minimum absolute atomic E-state index is 0.368. The first-order chi connectivity index (χ1) is 8.44. The van der Waals surface area contributed by atoms with Crippen molar-refractivity contribution in [2.24, 2.45) is 0 Å². The molecule has 0 unspecified atom stereocenters. The quantitative estimate of drug-likeness (QED) is 0.760. The molecule has 1 N–H and O–H groups in total. The fraction of sp³-hybridized carbons (Fsp3) is 0.800. The van der Waals surface area contributed by atoms with Crippen molar-refractivity contribution in [2.75, 3.05) is 34.4 Å². The zero-order valence-electron chi connectivity index (χ0n) is 11.5. The maximum atomic E-state index is 10.6. The van der Waals surface area contributed by atoms with E-state index in [1.54, 1.807) is 6.92 Å². The van der Waals surface area contributed by atoms with Gasteiger partial charge in [0.25, 0.3) is 0 Å². The van der Waals surface area contributed by atoms with Gasteiger partial charge in [-0.05, 0) is 13.3 Å². The second-order valence-electron chi connectivity index (χ2n) is 2.95. The maximum absolute atomic E-state index is 10.6. The smallest absolute Gasteiger partial charge is 0.433 e. The van der Waals surface area contributed by atoms with Gasteiger partial charge >= 0.3 is 12.2 Å². The zero-order chi connectivity index (χ0) is 14.6. The topological polar surface area (TPSA) is 88.5 Å². The van der Waals surface area contributed by atoms with Gasteiger partial charge in [0.15, 0.2) is 0 Å². The van der Waals surface area contributed by atoms with Gasteiger partial charge in [0, 0.05) is 7.05 Å². The minimum Gasteiger partial charge on any atom is -0.463 e. The van der Waals surface area contributed by atoms with Crippen LogP contribution in [0.3, 0.4) is 0 Å². The third-order valence-corrected chi connectivity index (χ3v) is 1.66. The van der Waals surface area contributed by atoms with Crippen LogP contribution < -0.4 is 0 Å². The molecule has 0 aliphatic rings. The highest BCUT2D eigenvalue weighted by Gasteiger charge is 2.07. The Morgan fingerprint density at radius 1 is 1.17 bits per heavy atom. The van der Waals surface area contributed by atoms with Crippen LogP contribution in [0, 0.1) is 0 Å². The molecular formula is C10H22N2O6. The molecule has 0 bridgehead atoms. The standard InChI is InChI=1S/2C5H11NO3/c1-4-9-5(7)6(2)8-3;1-3-4-6(9-2)5(7)8/h4H2,1-3H3;3-4H2,1-2H3,(H,7,8). The van der Waals surface area contributed by atoms with Crippen molar-refractivity contribution in [3.63, 3.8) is 0 Å². The summed E-state index contributed by atoms with van der Waals surface area (Å²) in [5.41, 5.74) is 0. The van der Waals surface area contributed by atoms with Crippen LogP contribution in [0.15, 0.2) is 0 Å². The Kier molecular flexibility index (Phi) is 12.5. The average Bonchev–Trinajstić information content (AvgIpc) is 2.35. The van der Waals surface area contributed by atoms with Crippen molar-refractivity contribution in [1.29, 1.82) is 0 Å². The molecular weight excluding hydrogens is 244 g/mol. The maximum Gasteiger partial charge on any atom is 0.433 e. The molecule has 108 valence electrons. The molecule has 0 heterocycles. The lowest BCUT2D eigenvalue weighted by molar-refractivity contribution is -0.102. The number of carboxylic acid groups (broad SMARTS) is 1. The number of nitrogens with zero attached hydrogens (tertiary/aromatic N) is 2. The van der Waals surface area contributed by atoms with Crippen molar-refractivity contribution >= 4 is 12.2 Å². The van der Waals surface area contributed by atoms with E-state index in [0.717, 1.165) is 16.5 Å². The molecule has 0 aromatic heterocycles. The zero-order valence-corrected chi connectivity index (χ0v) is 11.5. The lowest BCUT2D eigenvalue weighted by Crippen LogP contribution is -2.28. The van der Waals surface area contributed by atoms with Crippen molar-refractivity contribution in [1.82, 2.24) is 10.1 Å². The molecule has 18 heavy (non-hydrogen) atoms. The molecule has 0 atom stereocenters. The van der Waals surface area contributed by atoms with E-state index in [9.17, 15) is 9.59 Å². The number of hydrogen-bond acceptors (Lipinski definition) is 5. The van der Waals surface area contributed by atoms with Crippen molar-refractivity contribution in [3.8, 4) is 0 Å². The molecule has 0 saturated carbocycles. The van der Waals surface area contributed by atoms with Crippen LogP contribution in [0.5, 0.6) is 0 Å². The van der Waals surface area contributed by atoms with Crippen LogP contribution in [0.4, 0.5) is 9.59 Å². The van der Waals surface area contributed by atoms with E-state index in [2.05, 4.69) is 14.4 Å². The van der Waals surface area contributed by atoms with Gasteiger partial charge in [-0.2, -0.15) is 10.1 Å². The van der Waals surface area contributed by atoms with Gasteiger partial charge in [0.2, 0.25) is 0 Å². The lowest BCUT2D eigenvalue weighted by Gasteiger charge is -2.13. The second kappa shape index (κ2) is 11.9. The van der Waals surface area contributed by atoms with E-state index >= 15 is 0 Å². The number of carbonyl (C=O) groups is 2. The van der Waals surface area contributed by atoms with Gasteiger partial charge in [0.1, 0.15) is 0 Å². The van der Waals surface area contributed by atoms with E-state index in [1.165, 1.54) is 21.3 Å². The summed E-state index contributed by atoms with van der Waals surface area (Å²) < 4.78 is 4.56. The summed E-state index contributed by atoms with van der Waals surface area (Å²) >= 11 is 0. The van der Waals surface area contributed by atoms with Crippen molar-refractivity contribution < 1.29 is 29.1 Å². The minimum atomic E-state index is -1.04. The highest BCUT2D eigenvalue weighted by Crippen LogP contribution is 1.90. The Hall–Kier alpha value is -1.54. The molecule has 0 saturated heterocycles. The Morgan fingerprint density at radius 2 is 1.72 bits per heavy atom. The molecule has 0 spiro atoms. The van der Waals surface area contributed by atoms with Crippen LogP contribution >= 0.6 is 0 Å². The molecule has 0 fully saturated rings. The summed E-state index contributed by atoms with van der Waals surface area (Å²) in [6, 6.07) is 0. The summed E-state index contributed by atoms with van der Waals surface area (Å²) in [4.78, 5) is 29.7. The number of hydrogen-bond donors (Lipinski definition) is 1. The van der Waals surface area contributed by atoms with Crippen molar-refractivity contribution in [2.45, 2.75) is 20.3 Å². The van der Waals surface area contributed by atoms with E-state index in [1.807, 2.05) is 6.92 Å². The average molecular weight is 266 g/mol. The molecule has 8 heteroatoms. The summed E-state index contributed by atoms with van der Waals surface area (Å²) in [5.74, 6) is 0. The highest BCUT2D eigenvalue weighted by molar-refractivity contribution is 5.65. The summed E-state index contributed by atoms with van der Waals surface area (Å²) in [6.07, 6.45) is -0.750. The van der Waals surface area contributed by atoms with E-state index < -0.39 is 12.2 Å². The third kappa shape index (κ3) is 9.67. The van der Waals surface area contributed by atoms with Gasteiger partial charge in [-0.15, -0.1) is 0 Å². The number of ether oxygens (including phenoxy) is 1. The normalized spacial score (nSPS) is 8.94. The highest BCUT2D eigenvalue weighted by atomic mass is 16.7. The van der Waals surface area contributed by atoms with Crippen LogP contribution in [0.2, 0.25) is 0 Å². The predicted octanol–water partition coefficient (Wildman–Crippen LogP) is 1.57. The molecule has 0 aliphatic carbocycles. The Morgan fingerprint density at radius 3 is 1.94 bits per heavy atom. The van der Waals surface area contributed by atoms with Gasteiger partial charge in [-0.1, -0.05) is 6.92 Å². The van der Waals surface area contributed by atoms with Gasteiger partial charge in [-0.3, -0.25) is 9.68 Å². The largest absolute Gasteiger partial charge is 0.463 e. The number of hydroxylamine groups is 4. The third-order valence-electron chi connectivity index (χ3n) is 1.66. The van der Waals surface area contributed by atoms with Crippen molar-refractivity contribution in [3.05, 3.63) is 0 Å². The molecule has 2 amide bonds. The molecule has 0 radical (unpaired) electrons. The monoisotopic (exact) mass is 266 g/mol. The molecule has 0 aromatic rings. The number of rotatable bonds is 5. The first kappa shape index (κ1) is 18.8. The van der Waals surface area contributed by atoms with E-state index in [0.29, 0.717) is 13.2 Å². The van der Waals surface area contributed by atoms with Crippen LogP contribution in [-0.2, 0) is 14.4 Å². The fourth-order valence-corrected chi connectivity index (χ4v) is 0.757. The van der Waals surface area contributed by atoms with Gasteiger partial charge in [-0.25, -0.2) is 9.59 Å². The van der Waals surface area contributed by atoms with Crippen LogP contribution in [0.1, 0.15) is 20.3 Å². The van der Waals surface area contributed by atoms with E-state index in [-0.39, 0.29) is 0 Å². The summed E-state index contributed by atoms with van der Waals surface area (Å²) in [6.45, 7) is 4.41. The summed E-state index contributed by atoms with van der Waals surface area (Å²) in [5, 5.41) is 10.2. The molecule has 0 aromatic carbocycles. The molecule has 0 aliphatic heterocycles. The van der Waals surface area contributed by atoms with Gasteiger partial charge in [0.05, 0.1) is 27.4 Å².